The van der Waals surface area contributed by atoms with Crippen molar-refractivity contribution < 1.29 is 26.4 Å². The Labute approximate surface area is 119 Å². The van der Waals surface area contributed by atoms with Gasteiger partial charge in [0.2, 0.25) is 10.0 Å². The molecule has 2 N–H and O–H groups in total. The number of nitrogens with two attached hydrogens (primary N) is 1. The zero-order valence-corrected chi connectivity index (χ0v) is 11.7. The number of carbonyl (C=O) groups excluding carboxylic acids is 1. The summed E-state index contributed by atoms with van der Waals surface area (Å²) in [5, 5.41) is 4.91. The van der Waals surface area contributed by atoms with Crippen LogP contribution in [0.2, 0.25) is 0 Å². The number of hydrogen-bond acceptors (Lipinski definition) is 3. The molecule has 1 aromatic heterocycles. The summed E-state index contributed by atoms with van der Waals surface area (Å²) in [5.74, 6) is -0.619. The van der Waals surface area contributed by atoms with E-state index >= 15 is 0 Å². The predicted molar refractivity (Wildman–Crippen MR) is 67.0 cm³/mol. The van der Waals surface area contributed by atoms with E-state index in [1.165, 1.54) is 4.90 Å². The molecule has 1 aromatic rings. The lowest BCUT2D eigenvalue weighted by Gasteiger charge is -2.17. The molecule has 0 bridgehead atoms. The van der Waals surface area contributed by atoms with Crippen LogP contribution < -0.4 is 5.14 Å². The fourth-order valence-corrected chi connectivity index (χ4v) is 2.77. The van der Waals surface area contributed by atoms with Crippen LogP contribution in [0.4, 0.5) is 13.2 Å². The first-order valence-electron chi connectivity index (χ1n) is 6.17. The molecule has 1 saturated heterocycles. The third kappa shape index (κ3) is 3.76. The quantitative estimate of drug-likeness (QED) is 0.897. The number of carbonyl (C=O) groups is 1. The highest BCUT2D eigenvalue weighted by Crippen LogP contribution is 2.23. The Morgan fingerprint density at radius 3 is 2.33 bits per heavy atom. The largest absolute Gasteiger partial charge is 0.406 e. The molecule has 1 amide bonds. The summed E-state index contributed by atoms with van der Waals surface area (Å²) < 4.78 is 60.7. The summed E-state index contributed by atoms with van der Waals surface area (Å²) in [5.41, 5.74) is -0.321. The van der Waals surface area contributed by atoms with Gasteiger partial charge in [-0.1, -0.05) is 0 Å². The van der Waals surface area contributed by atoms with E-state index in [2.05, 4.69) is 0 Å². The molecule has 1 fully saturated rings. The van der Waals surface area contributed by atoms with Gasteiger partial charge in [-0.05, 0) is 18.9 Å². The highest BCUT2D eigenvalue weighted by molar-refractivity contribution is 7.89. The number of nitrogens with zero attached hydrogens (tertiary/aromatic N) is 2. The monoisotopic (exact) mass is 325 g/mol. The number of aromatic nitrogens is 1. The molecule has 118 valence electrons. The normalized spacial score (nSPS) is 16.5. The molecule has 0 aromatic carbocycles. The van der Waals surface area contributed by atoms with Crippen LogP contribution in [0.3, 0.4) is 0 Å². The van der Waals surface area contributed by atoms with Crippen molar-refractivity contribution in [2.75, 3.05) is 13.1 Å². The number of halogens is 3. The molecule has 0 atom stereocenters. The Morgan fingerprint density at radius 2 is 1.86 bits per heavy atom. The minimum Gasteiger partial charge on any atom is -0.337 e. The van der Waals surface area contributed by atoms with Crippen LogP contribution in [0.25, 0.3) is 0 Å². The number of amides is 1. The Bertz CT molecular complexity index is 645. The number of alkyl halides is 3. The van der Waals surface area contributed by atoms with Gasteiger partial charge in [-0.2, -0.15) is 13.2 Å². The molecule has 0 aliphatic carbocycles. The zero-order chi connectivity index (χ0) is 15.8. The van der Waals surface area contributed by atoms with Crippen LogP contribution in [-0.2, 0) is 16.6 Å². The van der Waals surface area contributed by atoms with Gasteiger partial charge in [-0.25, -0.2) is 13.6 Å². The first-order valence-corrected chi connectivity index (χ1v) is 7.71. The van der Waals surface area contributed by atoms with Gasteiger partial charge in [0, 0.05) is 19.3 Å². The molecule has 21 heavy (non-hydrogen) atoms. The minimum absolute atomic E-state index is 0.321. The lowest BCUT2D eigenvalue weighted by molar-refractivity contribution is -0.140. The van der Waals surface area contributed by atoms with Crippen LogP contribution in [0, 0.1) is 0 Å². The van der Waals surface area contributed by atoms with Gasteiger partial charge >= 0.3 is 6.18 Å². The molecule has 0 radical (unpaired) electrons. The van der Waals surface area contributed by atoms with E-state index in [4.69, 9.17) is 5.14 Å². The second kappa shape index (κ2) is 5.34. The van der Waals surface area contributed by atoms with Crippen LogP contribution in [0.5, 0.6) is 0 Å². The molecule has 10 heteroatoms. The zero-order valence-electron chi connectivity index (χ0n) is 10.9. The number of primary sulfonamides is 1. The lowest BCUT2D eigenvalue weighted by Crippen LogP contribution is -2.31. The Balaban J connectivity index is 2.41. The van der Waals surface area contributed by atoms with Gasteiger partial charge in [-0.3, -0.25) is 4.79 Å². The standard InChI is InChI=1S/C11H14F3N3O3S/c12-11(13,14)7-17-6-8(21(15,19)20)5-9(17)10(18)16-3-1-2-4-16/h5-6H,1-4,7H2,(H2,15,19,20). The van der Waals surface area contributed by atoms with Gasteiger partial charge in [0.1, 0.15) is 17.1 Å². The van der Waals surface area contributed by atoms with Crippen molar-refractivity contribution in [1.82, 2.24) is 9.47 Å². The van der Waals surface area contributed by atoms with Crippen molar-refractivity contribution in [3.63, 3.8) is 0 Å². The number of likely N-dealkylation sites (tertiary alicyclic amines) is 1. The highest BCUT2D eigenvalue weighted by Gasteiger charge is 2.32. The lowest BCUT2D eigenvalue weighted by atomic mass is 10.3. The summed E-state index contributed by atoms with van der Waals surface area (Å²) in [4.78, 5) is 13.1. The summed E-state index contributed by atoms with van der Waals surface area (Å²) in [7, 11) is -4.18. The summed E-state index contributed by atoms with van der Waals surface area (Å²) in [6.07, 6.45) is -2.29. The molecule has 0 unspecified atom stereocenters. The van der Waals surface area contributed by atoms with Crippen molar-refractivity contribution in [2.45, 2.75) is 30.5 Å². The van der Waals surface area contributed by atoms with E-state index < -0.39 is 33.5 Å². The molecule has 0 spiro atoms. The van der Waals surface area contributed by atoms with Crippen LogP contribution in [0.1, 0.15) is 23.3 Å². The van der Waals surface area contributed by atoms with E-state index in [9.17, 15) is 26.4 Å². The first-order chi connectivity index (χ1) is 9.58. The topological polar surface area (TPSA) is 85.4 Å². The molecule has 6 nitrogen and oxygen atoms in total. The first kappa shape index (κ1) is 15.8. The maximum Gasteiger partial charge on any atom is 0.406 e. The van der Waals surface area contributed by atoms with E-state index in [0.717, 1.165) is 25.1 Å². The second-order valence-electron chi connectivity index (χ2n) is 4.85. The fourth-order valence-electron chi connectivity index (χ4n) is 2.22. The summed E-state index contributed by atoms with van der Waals surface area (Å²) in [6, 6.07) is 0.891. The molecule has 0 saturated carbocycles. The molecule has 1 aliphatic rings. The molecular weight excluding hydrogens is 311 g/mol. The van der Waals surface area contributed by atoms with E-state index in [1.807, 2.05) is 0 Å². The third-order valence-electron chi connectivity index (χ3n) is 3.16. The van der Waals surface area contributed by atoms with Crippen molar-refractivity contribution in [3.8, 4) is 0 Å². The van der Waals surface area contributed by atoms with Gasteiger partial charge in [0.15, 0.2) is 0 Å². The van der Waals surface area contributed by atoms with Gasteiger partial charge in [0.05, 0.1) is 0 Å². The number of hydrogen-bond donors (Lipinski definition) is 1. The van der Waals surface area contributed by atoms with E-state index in [0.29, 0.717) is 17.7 Å². The molecule has 2 heterocycles. The number of sulfonamides is 1. The average molecular weight is 325 g/mol. The SMILES string of the molecule is NS(=O)(=O)c1cc(C(=O)N2CCCC2)n(CC(F)(F)F)c1. The van der Waals surface area contributed by atoms with Crippen LogP contribution in [0.15, 0.2) is 17.2 Å². The van der Waals surface area contributed by atoms with E-state index in [1.54, 1.807) is 0 Å². The average Bonchev–Trinajstić information content (AvgIpc) is 2.92. The molecule has 2 rings (SSSR count). The molecular formula is C11H14F3N3O3S. The summed E-state index contributed by atoms with van der Waals surface area (Å²) >= 11 is 0. The van der Waals surface area contributed by atoms with Gasteiger partial charge in [-0.15, -0.1) is 0 Å². The van der Waals surface area contributed by atoms with Crippen LogP contribution >= 0.6 is 0 Å². The maximum absolute atomic E-state index is 12.5. The Kier molecular flexibility index (Phi) is 4.02. The fraction of sp³-hybridized carbons (Fsp3) is 0.545. The van der Waals surface area contributed by atoms with Crippen molar-refractivity contribution in [1.29, 1.82) is 0 Å². The summed E-state index contributed by atoms with van der Waals surface area (Å²) in [6.45, 7) is -0.557. The van der Waals surface area contributed by atoms with Gasteiger partial charge in [0.25, 0.3) is 5.91 Å². The predicted octanol–water partition coefficient (Wildman–Crippen LogP) is 0.934. The Morgan fingerprint density at radius 1 is 1.29 bits per heavy atom. The van der Waals surface area contributed by atoms with Gasteiger partial charge < -0.3 is 9.47 Å². The maximum atomic E-state index is 12.5. The Hall–Kier alpha value is -1.55. The van der Waals surface area contributed by atoms with Crippen molar-refractivity contribution in [2.24, 2.45) is 5.14 Å². The number of rotatable bonds is 3. The molecule has 1 aliphatic heterocycles. The highest BCUT2D eigenvalue weighted by atomic mass is 32.2. The van der Waals surface area contributed by atoms with Crippen molar-refractivity contribution >= 4 is 15.9 Å². The minimum atomic E-state index is -4.57. The third-order valence-corrected chi connectivity index (χ3v) is 4.04. The van der Waals surface area contributed by atoms with Crippen molar-refractivity contribution in [3.05, 3.63) is 18.0 Å². The smallest absolute Gasteiger partial charge is 0.337 e. The second-order valence-corrected chi connectivity index (χ2v) is 6.41. The van der Waals surface area contributed by atoms with Crippen LogP contribution in [-0.4, -0.2) is 43.1 Å². The van der Waals surface area contributed by atoms with E-state index in [-0.39, 0.29) is 5.69 Å².